The molecule has 1 aliphatic rings. The fourth-order valence-electron chi connectivity index (χ4n) is 2.06. The van der Waals surface area contributed by atoms with Crippen LogP contribution in [0.25, 0.3) is 0 Å². The molecule has 0 spiro atoms. The summed E-state index contributed by atoms with van der Waals surface area (Å²) in [6.07, 6.45) is 1.36. The molecule has 1 fully saturated rings. The van der Waals surface area contributed by atoms with Crippen LogP contribution in [-0.2, 0) is 9.53 Å². The highest BCUT2D eigenvalue weighted by Crippen LogP contribution is 2.13. The van der Waals surface area contributed by atoms with Gasteiger partial charge in [-0.05, 0) is 19.8 Å². The van der Waals surface area contributed by atoms with Crippen molar-refractivity contribution < 1.29 is 24.5 Å². The van der Waals surface area contributed by atoms with Crippen LogP contribution < -0.4 is 5.32 Å². The first-order valence-corrected chi connectivity index (χ1v) is 6.34. The van der Waals surface area contributed by atoms with Gasteiger partial charge in [0.15, 0.2) is 0 Å². The fourth-order valence-corrected chi connectivity index (χ4v) is 2.06. The van der Waals surface area contributed by atoms with Gasteiger partial charge in [-0.3, -0.25) is 4.79 Å². The van der Waals surface area contributed by atoms with Gasteiger partial charge in [0.05, 0.1) is 18.1 Å². The first-order valence-electron chi connectivity index (χ1n) is 6.34. The number of carbonyl (C=O) groups is 2. The minimum Gasteiger partial charge on any atom is -0.481 e. The number of hydrogen-bond donors (Lipinski definition) is 3. The minimum atomic E-state index is -1.44. The molecule has 110 valence electrons. The highest BCUT2D eigenvalue weighted by molar-refractivity contribution is 5.74. The van der Waals surface area contributed by atoms with E-state index in [4.69, 9.17) is 9.84 Å². The summed E-state index contributed by atoms with van der Waals surface area (Å²) in [4.78, 5) is 24.0. The van der Waals surface area contributed by atoms with Gasteiger partial charge in [-0.2, -0.15) is 0 Å². The number of methoxy groups -OCH3 is 1. The van der Waals surface area contributed by atoms with Crippen molar-refractivity contribution in [2.24, 2.45) is 0 Å². The average molecular weight is 274 g/mol. The number of piperidine rings is 1. The lowest BCUT2D eigenvalue weighted by Crippen LogP contribution is -2.50. The Morgan fingerprint density at radius 3 is 2.47 bits per heavy atom. The van der Waals surface area contributed by atoms with E-state index in [0.717, 1.165) is 12.8 Å². The molecule has 1 heterocycles. The van der Waals surface area contributed by atoms with E-state index in [1.165, 1.54) is 6.92 Å². The lowest BCUT2D eigenvalue weighted by Gasteiger charge is -2.32. The van der Waals surface area contributed by atoms with Gasteiger partial charge in [0.2, 0.25) is 0 Å². The molecule has 0 aromatic heterocycles. The molecule has 1 saturated heterocycles. The average Bonchev–Trinajstić information content (AvgIpc) is 2.34. The van der Waals surface area contributed by atoms with Crippen LogP contribution in [0.5, 0.6) is 0 Å². The molecule has 1 unspecified atom stereocenters. The van der Waals surface area contributed by atoms with Gasteiger partial charge in [0, 0.05) is 26.7 Å². The summed E-state index contributed by atoms with van der Waals surface area (Å²) in [6.45, 7) is 2.51. The van der Waals surface area contributed by atoms with E-state index >= 15 is 0 Å². The van der Waals surface area contributed by atoms with Gasteiger partial charge in [-0.15, -0.1) is 0 Å². The van der Waals surface area contributed by atoms with Crippen LogP contribution in [0.3, 0.4) is 0 Å². The number of nitrogens with zero attached hydrogens (tertiary/aromatic N) is 1. The van der Waals surface area contributed by atoms with Crippen molar-refractivity contribution in [3.8, 4) is 0 Å². The van der Waals surface area contributed by atoms with Crippen LogP contribution in [0.4, 0.5) is 4.79 Å². The van der Waals surface area contributed by atoms with E-state index in [0.29, 0.717) is 13.1 Å². The zero-order valence-electron chi connectivity index (χ0n) is 11.4. The number of aliphatic carboxylic acids is 1. The maximum Gasteiger partial charge on any atom is 0.317 e. The first kappa shape index (κ1) is 15.7. The summed E-state index contributed by atoms with van der Waals surface area (Å²) < 4.78 is 5.21. The number of ether oxygens (including phenoxy) is 1. The second-order valence-corrected chi connectivity index (χ2v) is 5.15. The quantitative estimate of drug-likeness (QED) is 0.657. The SMILES string of the molecule is COC1CCN(C(=O)NCC(C)(O)CC(=O)O)CC1. The Labute approximate surface area is 112 Å². The first-order chi connectivity index (χ1) is 8.84. The van der Waals surface area contributed by atoms with Crippen molar-refractivity contribution in [1.82, 2.24) is 10.2 Å². The normalized spacial score (nSPS) is 19.8. The third-order valence-electron chi connectivity index (χ3n) is 3.22. The Morgan fingerprint density at radius 2 is 2.00 bits per heavy atom. The molecule has 1 aliphatic heterocycles. The molecule has 19 heavy (non-hydrogen) atoms. The van der Waals surface area contributed by atoms with Crippen molar-refractivity contribution in [1.29, 1.82) is 0 Å². The number of rotatable bonds is 5. The van der Waals surface area contributed by atoms with E-state index in [1.807, 2.05) is 0 Å². The zero-order valence-corrected chi connectivity index (χ0v) is 11.4. The number of carboxylic acids is 1. The molecule has 1 rings (SSSR count). The van der Waals surface area contributed by atoms with Gasteiger partial charge in [0.1, 0.15) is 0 Å². The highest BCUT2D eigenvalue weighted by atomic mass is 16.5. The number of amides is 2. The third kappa shape index (κ3) is 5.44. The molecule has 0 aliphatic carbocycles. The molecule has 1 atom stereocenters. The van der Waals surface area contributed by atoms with Crippen molar-refractivity contribution in [2.75, 3.05) is 26.7 Å². The molecule has 0 radical (unpaired) electrons. The number of urea groups is 1. The molecule has 0 aromatic rings. The maximum absolute atomic E-state index is 11.8. The monoisotopic (exact) mass is 274 g/mol. The van der Waals surface area contributed by atoms with Crippen molar-refractivity contribution in [2.45, 2.75) is 37.9 Å². The molecule has 0 bridgehead atoms. The van der Waals surface area contributed by atoms with E-state index in [9.17, 15) is 14.7 Å². The summed E-state index contributed by atoms with van der Waals surface area (Å²) in [5, 5.41) is 21.0. The lowest BCUT2D eigenvalue weighted by molar-refractivity contribution is -0.141. The van der Waals surface area contributed by atoms with Crippen LogP contribution in [0, 0.1) is 0 Å². The van der Waals surface area contributed by atoms with Gasteiger partial charge >= 0.3 is 12.0 Å². The van der Waals surface area contributed by atoms with E-state index in [-0.39, 0.29) is 18.7 Å². The Kier molecular flexibility index (Phi) is 5.56. The van der Waals surface area contributed by atoms with E-state index < -0.39 is 18.0 Å². The summed E-state index contributed by atoms with van der Waals surface area (Å²) in [5.74, 6) is -1.10. The third-order valence-corrected chi connectivity index (χ3v) is 3.22. The van der Waals surface area contributed by atoms with Crippen LogP contribution in [0.1, 0.15) is 26.2 Å². The van der Waals surface area contributed by atoms with Crippen LogP contribution in [0.15, 0.2) is 0 Å². The van der Waals surface area contributed by atoms with Crippen LogP contribution in [-0.4, -0.2) is 65.6 Å². The Hall–Kier alpha value is -1.34. The molecular weight excluding hydrogens is 252 g/mol. The maximum atomic E-state index is 11.8. The number of hydrogen-bond acceptors (Lipinski definition) is 4. The number of nitrogens with one attached hydrogen (secondary N) is 1. The highest BCUT2D eigenvalue weighted by Gasteiger charge is 2.27. The lowest BCUT2D eigenvalue weighted by atomic mass is 10.0. The smallest absolute Gasteiger partial charge is 0.317 e. The van der Waals surface area contributed by atoms with Gasteiger partial charge in [0.25, 0.3) is 0 Å². The molecule has 0 saturated carbocycles. The molecule has 7 heteroatoms. The largest absolute Gasteiger partial charge is 0.481 e. The molecular formula is C12H22N2O5. The summed E-state index contributed by atoms with van der Waals surface area (Å²) >= 11 is 0. The summed E-state index contributed by atoms with van der Waals surface area (Å²) in [5.41, 5.74) is -1.44. The summed E-state index contributed by atoms with van der Waals surface area (Å²) in [6, 6.07) is -0.278. The van der Waals surface area contributed by atoms with Gasteiger partial charge in [-0.25, -0.2) is 4.79 Å². The van der Waals surface area contributed by atoms with Crippen LogP contribution >= 0.6 is 0 Å². The van der Waals surface area contributed by atoms with Crippen molar-refractivity contribution in [3.63, 3.8) is 0 Å². The van der Waals surface area contributed by atoms with Crippen molar-refractivity contribution >= 4 is 12.0 Å². The summed E-state index contributed by atoms with van der Waals surface area (Å²) in [7, 11) is 1.66. The van der Waals surface area contributed by atoms with Gasteiger partial charge < -0.3 is 25.2 Å². The second kappa shape index (κ2) is 6.72. The standard InChI is InChI=1S/C12H22N2O5/c1-12(18,7-10(15)16)8-13-11(17)14-5-3-9(19-2)4-6-14/h9,18H,3-8H2,1-2H3,(H,13,17)(H,15,16). The Balaban J connectivity index is 2.33. The van der Waals surface area contributed by atoms with E-state index in [1.54, 1.807) is 12.0 Å². The van der Waals surface area contributed by atoms with Crippen LogP contribution in [0.2, 0.25) is 0 Å². The Bertz CT molecular complexity index is 324. The molecule has 3 N–H and O–H groups in total. The molecule has 7 nitrogen and oxygen atoms in total. The van der Waals surface area contributed by atoms with E-state index in [2.05, 4.69) is 5.32 Å². The second-order valence-electron chi connectivity index (χ2n) is 5.15. The minimum absolute atomic E-state index is 0.0810. The fraction of sp³-hybridized carbons (Fsp3) is 0.833. The van der Waals surface area contributed by atoms with Gasteiger partial charge in [-0.1, -0.05) is 0 Å². The van der Waals surface area contributed by atoms with Crippen molar-refractivity contribution in [3.05, 3.63) is 0 Å². The Morgan fingerprint density at radius 1 is 1.42 bits per heavy atom. The molecule has 2 amide bonds. The predicted octanol–water partition coefficient (Wildman–Crippen LogP) is 0.0325. The topological polar surface area (TPSA) is 99.1 Å². The zero-order chi connectivity index (χ0) is 14.5. The molecule has 0 aromatic carbocycles. The number of aliphatic hydroxyl groups is 1. The predicted molar refractivity (Wildman–Crippen MR) is 67.9 cm³/mol. The number of carbonyl (C=O) groups excluding carboxylic acids is 1. The number of likely N-dealkylation sites (tertiary alicyclic amines) is 1. The number of carboxylic acid groups (broad SMARTS) is 1.